The van der Waals surface area contributed by atoms with Crippen molar-refractivity contribution >= 4 is 11.8 Å². The van der Waals surface area contributed by atoms with Crippen LogP contribution in [0.25, 0.3) is 0 Å². The summed E-state index contributed by atoms with van der Waals surface area (Å²) in [5.74, 6) is 0.734. The molecule has 0 spiro atoms. The van der Waals surface area contributed by atoms with E-state index < -0.39 is 5.54 Å². The molecule has 1 aliphatic rings. The molecule has 1 atom stereocenters. The summed E-state index contributed by atoms with van der Waals surface area (Å²) in [6.07, 6.45) is 6.55. The Bertz CT molecular complexity index is 351. The van der Waals surface area contributed by atoms with Crippen LogP contribution in [0.4, 0.5) is 0 Å². The zero-order valence-corrected chi connectivity index (χ0v) is 13.7. The average molecular weight is 297 g/mol. The summed E-state index contributed by atoms with van der Waals surface area (Å²) in [6.45, 7) is 6.38. The molecule has 5 nitrogen and oxygen atoms in total. The quantitative estimate of drug-likeness (QED) is 0.635. The summed E-state index contributed by atoms with van der Waals surface area (Å²) >= 11 is 0. The maximum Gasteiger partial charge on any atom is 0.239 e. The lowest BCUT2D eigenvalue weighted by Gasteiger charge is -2.33. The van der Waals surface area contributed by atoms with E-state index in [1.807, 2.05) is 20.8 Å². The molecule has 1 unspecified atom stereocenters. The molecule has 1 fully saturated rings. The van der Waals surface area contributed by atoms with Gasteiger partial charge in [-0.2, -0.15) is 0 Å². The Hall–Kier alpha value is -1.10. The van der Waals surface area contributed by atoms with Crippen LogP contribution < -0.4 is 16.4 Å². The molecule has 1 saturated carbocycles. The maximum atomic E-state index is 11.9. The van der Waals surface area contributed by atoms with Crippen molar-refractivity contribution in [2.75, 3.05) is 13.1 Å². The predicted octanol–water partition coefficient (Wildman–Crippen LogP) is 1.56. The minimum Gasteiger partial charge on any atom is -0.348 e. The molecular weight excluding hydrogens is 266 g/mol. The summed E-state index contributed by atoms with van der Waals surface area (Å²) < 4.78 is 0. The highest BCUT2D eigenvalue weighted by atomic mass is 16.2. The Morgan fingerprint density at radius 2 is 1.86 bits per heavy atom. The van der Waals surface area contributed by atoms with E-state index in [2.05, 4.69) is 10.6 Å². The first-order valence-corrected chi connectivity index (χ1v) is 8.15. The smallest absolute Gasteiger partial charge is 0.239 e. The molecule has 0 radical (unpaired) electrons. The van der Waals surface area contributed by atoms with Gasteiger partial charge in [-0.15, -0.1) is 0 Å². The molecule has 0 aromatic rings. The molecule has 5 heteroatoms. The molecule has 4 N–H and O–H groups in total. The molecule has 1 rings (SSSR count). The van der Waals surface area contributed by atoms with Gasteiger partial charge in [-0.25, -0.2) is 0 Å². The van der Waals surface area contributed by atoms with Gasteiger partial charge in [0.05, 0.1) is 12.1 Å². The van der Waals surface area contributed by atoms with Gasteiger partial charge < -0.3 is 16.4 Å². The number of carbonyl (C=O) groups is 2. The van der Waals surface area contributed by atoms with Crippen LogP contribution in [0, 0.1) is 11.8 Å². The van der Waals surface area contributed by atoms with Gasteiger partial charge in [0.15, 0.2) is 0 Å². The highest BCUT2D eigenvalue weighted by molar-refractivity contribution is 5.85. The first-order valence-electron chi connectivity index (χ1n) is 8.15. The largest absolute Gasteiger partial charge is 0.348 e. The Kier molecular flexibility index (Phi) is 7.15. The molecular formula is C16H31N3O2. The second kappa shape index (κ2) is 8.37. The lowest BCUT2D eigenvalue weighted by Crippen LogP contribution is -2.56. The van der Waals surface area contributed by atoms with Gasteiger partial charge in [0, 0.05) is 13.0 Å². The molecule has 0 aromatic carbocycles. The van der Waals surface area contributed by atoms with Gasteiger partial charge >= 0.3 is 0 Å². The van der Waals surface area contributed by atoms with Gasteiger partial charge in [-0.05, 0) is 25.2 Å². The molecule has 21 heavy (non-hydrogen) atoms. The van der Waals surface area contributed by atoms with Gasteiger partial charge in [0.25, 0.3) is 0 Å². The van der Waals surface area contributed by atoms with Crippen molar-refractivity contribution in [1.29, 1.82) is 0 Å². The lowest BCUT2D eigenvalue weighted by atomic mass is 9.88. The number of amides is 2. The zero-order chi connectivity index (χ0) is 15.9. The number of rotatable bonds is 8. The number of nitrogens with two attached hydrogens (primary N) is 1. The van der Waals surface area contributed by atoms with E-state index in [1.54, 1.807) is 0 Å². The topological polar surface area (TPSA) is 84.2 Å². The molecule has 0 aliphatic heterocycles. The molecule has 0 saturated heterocycles. The van der Waals surface area contributed by atoms with E-state index in [1.165, 1.54) is 25.7 Å². The van der Waals surface area contributed by atoms with Crippen molar-refractivity contribution in [2.24, 2.45) is 17.6 Å². The van der Waals surface area contributed by atoms with Crippen molar-refractivity contribution < 1.29 is 9.59 Å². The molecule has 0 bridgehead atoms. The minimum atomic E-state index is -0.425. The standard InChI is InChI=1S/C16H31N3O2/c1-12(2)16(3,11-17)19-15(21)10-18-14(20)9-8-13-6-4-5-7-13/h12-13H,4-11,17H2,1-3H3,(H,18,20)(H,19,21). The van der Waals surface area contributed by atoms with Crippen LogP contribution in [0.5, 0.6) is 0 Å². The fraction of sp³-hybridized carbons (Fsp3) is 0.875. The van der Waals surface area contributed by atoms with E-state index in [4.69, 9.17) is 5.73 Å². The van der Waals surface area contributed by atoms with Crippen molar-refractivity contribution in [3.63, 3.8) is 0 Å². The summed E-state index contributed by atoms with van der Waals surface area (Å²) in [7, 11) is 0. The molecule has 122 valence electrons. The molecule has 1 aliphatic carbocycles. The molecule has 0 aromatic heterocycles. The van der Waals surface area contributed by atoms with Crippen LogP contribution in [-0.4, -0.2) is 30.4 Å². The van der Waals surface area contributed by atoms with Crippen LogP contribution >= 0.6 is 0 Å². The summed E-state index contributed by atoms with van der Waals surface area (Å²) in [5.41, 5.74) is 5.30. The van der Waals surface area contributed by atoms with Crippen molar-refractivity contribution in [3.8, 4) is 0 Å². The fourth-order valence-electron chi connectivity index (χ4n) is 2.70. The first-order chi connectivity index (χ1) is 9.87. The highest BCUT2D eigenvalue weighted by Gasteiger charge is 2.28. The van der Waals surface area contributed by atoms with Crippen molar-refractivity contribution in [3.05, 3.63) is 0 Å². The molecule has 0 heterocycles. The Balaban J connectivity index is 2.23. The van der Waals surface area contributed by atoms with Crippen LogP contribution in [0.2, 0.25) is 0 Å². The van der Waals surface area contributed by atoms with Crippen LogP contribution in [-0.2, 0) is 9.59 Å². The summed E-state index contributed by atoms with van der Waals surface area (Å²) in [5, 5.41) is 5.62. The third-order valence-electron chi connectivity index (χ3n) is 4.82. The van der Waals surface area contributed by atoms with Gasteiger partial charge in [-0.3, -0.25) is 9.59 Å². The second-order valence-corrected chi connectivity index (χ2v) is 6.79. The van der Waals surface area contributed by atoms with E-state index >= 15 is 0 Å². The zero-order valence-electron chi connectivity index (χ0n) is 13.7. The Labute approximate surface area is 128 Å². The lowest BCUT2D eigenvalue weighted by molar-refractivity contribution is -0.127. The minimum absolute atomic E-state index is 0.0314. The SMILES string of the molecule is CC(C)C(C)(CN)NC(=O)CNC(=O)CCC1CCCC1. The van der Waals surface area contributed by atoms with Gasteiger partial charge in [-0.1, -0.05) is 39.5 Å². The summed E-state index contributed by atoms with van der Waals surface area (Å²) in [6, 6.07) is 0. The van der Waals surface area contributed by atoms with Gasteiger partial charge in [0.1, 0.15) is 0 Å². The monoisotopic (exact) mass is 297 g/mol. The van der Waals surface area contributed by atoms with Crippen LogP contribution in [0.1, 0.15) is 59.3 Å². The normalized spacial score (nSPS) is 18.5. The predicted molar refractivity (Wildman–Crippen MR) is 84.6 cm³/mol. The first kappa shape index (κ1) is 18.0. The fourth-order valence-corrected chi connectivity index (χ4v) is 2.70. The van der Waals surface area contributed by atoms with E-state index in [-0.39, 0.29) is 24.3 Å². The van der Waals surface area contributed by atoms with Crippen molar-refractivity contribution in [1.82, 2.24) is 10.6 Å². The summed E-state index contributed by atoms with van der Waals surface area (Å²) in [4.78, 5) is 23.7. The Morgan fingerprint density at radius 1 is 1.24 bits per heavy atom. The molecule has 2 amide bonds. The van der Waals surface area contributed by atoms with Crippen LogP contribution in [0.3, 0.4) is 0 Å². The van der Waals surface area contributed by atoms with Gasteiger partial charge in [0.2, 0.25) is 11.8 Å². The van der Waals surface area contributed by atoms with Crippen molar-refractivity contribution in [2.45, 2.75) is 64.8 Å². The third-order valence-corrected chi connectivity index (χ3v) is 4.82. The number of hydrogen-bond donors (Lipinski definition) is 3. The Morgan fingerprint density at radius 3 is 2.38 bits per heavy atom. The van der Waals surface area contributed by atoms with E-state index in [0.717, 1.165) is 6.42 Å². The highest BCUT2D eigenvalue weighted by Crippen LogP contribution is 2.28. The van der Waals surface area contributed by atoms with Crippen LogP contribution in [0.15, 0.2) is 0 Å². The second-order valence-electron chi connectivity index (χ2n) is 6.79. The van der Waals surface area contributed by atoms with E-state index in [9.17, 15) is 9.59 Å². The van der Waals surface area contributed by atoms with E-state index in [0.29, 0.717) is 18.9 Å². The number of carbonyl (C=O) groups excluding carboxylic acids is 2. The third kappa shape index (κ3) is 6.04. The number of nitrogens with one attached hydrogen (secondary N) is 2. The average Bonchev–Trinajstić information content (AvgIpc) is 2.95. The number of hydrogen-bond acceptors (Lipinski definition) is 3. The maximum absolute atomic E-state index is 11.9.